The first-order valence-electron chi connectivity index (χ1n) is 16.9. The van der Waals surface area contributed by atoms with E-state index < -0.39 is 0 Å². The Morgan fingerprint density at radius 2 is 0.980 bits per heavy atom. The third-order valence-electron chi connectivity index (χ3n) is 9.95. The molecule has 7 aromatic carbocycles. The highest BCUT2D eigenvalue weighted by molar-refractivity contribution is 6.14. The van der Waals surface area contributed by atoms with Crippen LogP contribution in [0, 0.1) is 0 Å². The quantitative estimate of drug-likeness (QED) is 0.190. The van der Waals surface area contributed by atoms with Gasteiger partial charge in [-0.1, -0.05) is 127 Å². The maximum Gasteiger partial charge on any atom is 0.136 e. The van der Waals surface area contributed by atoms with E-state index in [4.69, 9.17) is 8.83 Å². The van der Waals surface area contributed by atoms with Crippen LogP contribution in [0.3, 0.4) is 0 Å². The maximum atomic E-state index is 6.51. The normalized spacial score (nSPS) is 12.9. The first kappa shape index (κ1) is 27.8. The van der Waals surface area contributed by atoms with Gasteiger partial charge in [0.2, 0.25) is 0 Å². The smallest absolute Gasteiger partial charge is 0.136 e. The molecule has 10 rings (SSSR count). The molecule has 0 unspecified atom stereocenters. The molecule has 3 heteroatoms. The van der Waals surface area contributed by atoms with Gasteiger partial charge in [0.15, 0.2) is 0 Å². The number of para-hydroxylation sites is 4. The Labute approximate surface area is 283 Å². The van der Waals surface area contributed by atoms with Gasteiger partial charge in [0.1, 0.15) is 22.2 Å². The molecule has 49 heavy (non-hydrogen) atoms. The van der Waals surface area contributed by atoms with E-state index in [9.17, 15) is 0 Å². The Morgan fingerprint density at radius 1 is 0.429 bits per heavy atom. The molecule has 1 aliphatic carbocycles. The van der Waals surface area contributed by atoms with Crippen molar-refractivity contribution in [1.29, 1.82) is 0 Å². The van der Waals surface area contributed by atoms with Crippen molar-refractivity contribution in [2.45, 2.75) is 12.8 Å². The zero-order valence-corrected chi connectivity index (χ0v) is 26.8. The number of furan rings is 2. The van der Waals surface area contributed by atoms with Crippen molar-refractivity contribution in [2.24, 2.45) is 0 Å². The fourth-order valence-electron chi connectivity index (χ4n) is 7.87. The molecule has 0 spiro atoms. The van der Waals surface area contributed by atoms with E-state index in [1.165, 1.54) is 27.6 Å². The van der Waals surface area contributed by atoms with Crippen LogP contribution in [0.4, 0.5) is 11.4 Å². The molecule has 0 N–H and O–H groups in total. The molecule has 2 heterocycles. The molecule has 0 amide bonds. The molecule has 232 valence electrons. The fourth-order valence-corrected chi connectivity index (χ4v) is 7.87. The molecular formula is C46H31NO2. The lowest BCUT2D eigenvalue weighted by atomic mass is 9.93. The zero-order valence-electron chi connectivity index (χ0n) is 26.8. The third-order valence-corrected chi connectivity index (χ3v) is 9.95. The van der Waals surface area contributed by atoms with Crippen molar-refractivity contribution in [3.63, 3.8) is 0 Å². The molecule has 0 aliphatic heterocycles. The highest BCUT2D eigenvalue weighted by atomic mass is 16.3. The van der Waals surface area contributed by atoms with Crippen LogP contribution < -0.4 is 15.5 Å². The van der Waals surface area contributed by atoms with Crippen molar-refractivity contribution in [1.82, 2.24) is 0 Å². The second-order valence-corrected chi connectivity index (χ2v) is 12.7. The minimum Gasteiger partial charge on any atom is -0.456 e. The predicted molar refractivity (Wildman–Crippen MR) is 203 cm³/mol. The summed E-state index contributed by atoms with van der Waals surface area (Å²) in [4.78, 5) is 2.52. The summed E-state index contributed by atoms with van der Waals surface area (Å²) < 4.78 is 12.9. The minimum absolute atomic E-state index is 0.869. The van der Waals surface area contributed by atoms with Crippen molar-refractivity contribution < 1.29 is 8.83 Å². The van der Waals surface area contributed by atoms with E-state index in [1.54, 1.807) is 0 Å². The summed E-state index contributed by atoms with van der Waals surface area (Å²) in [5.41, 5.74) is 11.8. The molecule has 2 aromatic heterocycles. The van der Waals surface area contributed by atoms with Crippen molar-refractivity contribution in [3.05, 3.63) is 168 Å². The van der Waals surface area contributed by atoms with Gasteiger partial charge in [-0.15, -0.1) is 0 Å². The molecule has 3 nitrogen and oxygen atoms in total. The second kappa shape index (κ2) is 11.1. The summed E-state index contributed by atoms with van der Waals surface area (Å²) in [6.07, 6.45) is 4.00. The van der Waals surface area contributed by atoms with Gasteiger partial charge in [-0.2, -0.15) is 0 Å². The Morgan fingerprint density at radius 3 is 1.80 bits per heavy atom. The van der Waals surface area contributed by atoms with Crippen molar-refractivity contribution in [3.8, 4) is 22.3 Å². The maximum absolute atomic E-state index is 6.51. The van der Waals surface area contributed by atoms with E-state index in [0.29, 0.717) is 0 Å². The van der Waals surface area contributed by atoms with Gasteiger partial charge in [0, 0.05) is 38.2 Å². The van der Waals surface area contributed by atoms with Crippen molar-refractivity contribution >= 4 is 66.8 Å². The highest BCUT2D eigenvalue weighted by Crippen LogP contribution is 2.47. The largest absolute Gasteiger partial charge is 0.456 e. The molecule has 0 saturated carbocycles. The van der Waals surface area contributed by atoms with Crippen LogP contribution in [0.15, 0.2) is 167 Å². The lowest BCUT2D eigenvalue weighted by Crippen LogP contribution is -2.33. The number of hydrogen-bond donors (Lipinski definition) is 0. The average molecular weight is 630 g/mol. The molecule has 0 bridgehead atoms. The Kier molecular flexibility index (Phi) is 6.31. The van der Waals surface area contributed by atoms with Crippen LogP contribution >= 0.6 is 0 Å². The van der Waals surface area contributed by atoms with E-state index >= 15 is 0 Å². The standard InChI is InChI=1S/C46H31NO2/c1-2-16-31-30(14-1)15-11-21-32(31)33-17-3-7-23-38(33)47(40-25-13-29-44-46(40)37-20-6-10-27-42(37)49-44)39-24-8-4-18-34(39)35-22-12-28-43-45(35)36-19-5-9-26-41(36)48-43/h1-12,14-24,26-29H,13,25H2. The lowest BCUT2D eigenvalue weighted by Gasteiger charge is -2.32. The summed E-state index contributed by atoms with van der Waals surface area (Å²) in [6.45, 7) is 0. The number of hydrogen-bond acceptors (Lipinski definition) is 3. The van der Waals surface area contributed by atoms with Gasteiger partial charge in [-0.3, -0.25) is 0 Å². The van der Waals surface area contributed by atoms with E-state index in [1.807, 2.05) is 6.07 Å². The summed E-state index contributed by atoms with van der Waals surface area (Å²) in [7, 11) is 0. The Balaban J connectivity index is 1.33. The average Bonchev–Trinajstić information content (AvgIpc) is 3.74. The molecule has 0 saturated heterocycles. The molecule has 9 aromatic rings. The Hall–Kier alpha value is -6.32. The number of anilines is 2. The monoisotopic (exact) mass is 629 g/mol. The SMILES string of the molecule is C1=c2oc3ccccc3c2=C(N(c2ccccc2-c2cccc3ccccc23)c2ccccc2-c2cccc3oc4ccccc4c23)CC1. The predicted octanol–water partition coefficient (Wildman–Crippen LogP) is 11.3. The number of rotatable bonds is 5. The van der Waals surface area contributed by atoms with Crippen LogP contribution in [0.25, 0.3) is 77.7 Å². The second-order valence-electron chi connectivity index (χ2n) is 12.7. The van der Waals surface area contributed by atoms with Crippen LogP contribution in [-0.4, -0.2) is 0 Å². The van der Waals surface area contributed by atoms with Crippen molar-refractivity contribution in [2.75, 3.05) is 4.90 Å². The van der Waals surface area contributed by atoms with Gasteiger partial charge in [0.25, 0.3) is 0 Å². The first-order valence-corrected chi connectivity index (χ1v) is 16.9. The molecule has 1 aliphatic rings. The third kappa shape index (κ3) is 4.36. The van der Waals surface area contributed by atoms with Crippen LogP contribution in [0.1, 0.15) is 12.8 Å². The molecule has 0 radical (unpaired) electrons. The summed E-state index contributed by atoms with van der Waals surface area (Å²) in [5.74, 6) is 0. The fraction of sp³-hybridized carbons (Fsp3) is 0.0435. The van der Waals surface area contributed by atoms with Gasteiger partial charge < -0.3 is 13.7 Å². The number of nitrogens with zero attached hydrogens (tertiary/aromatic N) is 1. The molecule has 0 atom stereocenters. The minimum atomic E-state index is 0.869. The molecule has 0 fully saturated rings. The van der Waals surface area contributed by atoms with Gasteiger partial charge >= 0.3 is 0 Å². The number of fused-ring (bicyclic) bond motifs is 7. The first-order chi connectivity index (χ1) is 24.3. The summed E-state index contributed by atoms with van der Waals surface area (Å²) in [6, 6.07) is 56.1. The summed E-state index contributed by atoms with van der Waals surface area (Å²) >= 11 is 0. The number of benzene rings is 7. The Bertz CT molecular complexity index is 2850. The zero-order chi connectivity index (χ0) is 32.3. The van der Waals surface area contributed by atoms with Crippen LogP contribution in [0.5, 0.6) is 0 Å². The topological polar surface area (TPSA) is 29.5 Å². The lowest BCUT2D eigenvalue weighted by molar-refractivity contribution is 0.570. The van der Waals surface area contributed by atoms with E-state index in [-0.39, 0.29) is 0 Å². The molecular weight excluding hydrogens is 599 g/mol. The highest BCUT2D eigenvalue weighted by Gasteiger charge is 2.26. The van der Waals surface area contributed by atoms with E-state index in [0.717, 1.165) is 78.9 Å². The van der Waals surface area contributed by atoms with Gasteiger partial charge in [-0.25, -0.2) is 0 Å². The van der Waals surface area contributed by atoms with Crippen LogP contribution in [-0.2, 0) is 0 Å². The van der Waals surface area contributed by atoms with Crippen LogP contribution in [0.2, 0.25) is 0 Å². The van der Waals surface area contributed by atoms with Gasteiger partial charge in [0.05, 0.1) is 11.4 Å². The van der Waals surface area contributed by atoms with Gasteiger partial charge in [-0.05, 0) is 71.1 Å². The van der Waals surface area contributed by atoms with E-state index in [2.05, 4.69) is 163 Å². The summed E-state index contributed by atoms with van der Waals surface area (Å²) in [5, 5.41) is 7.01.